The first-order chi connectivity index (χ1) is 16.4. The van der Waals surface area contributed by atoms with Crippen molar-refractivity contribution in [2.24, 2.45) is 40.4 Å². The molecular formula is C28H46N2O4S. The van der Waals surface area contributed by atoms with Crippen LogP contribution in [0.15, 0.2) is 0 Å². The predicted molar refractivity (Wildman–Crippen MR) is 140 cm³/mol. The summed E-state index contributed by atoms with van der Waals surface area (Å²) in [5, 5.41) is 2.58. The summed E-state index contributed by atoms with van der Waals surface area (Å²) in [6.45, 7) is 12.9. The molecule has 198 valence electrons. The van der Waals surface area contributed by atoms with Crippen LogP contribution in [0.1, 0.15) is 79.6 Å². The van der Waals surface area contributed by atoms with Crippen LogP contribution in [0.3, 0.4) is 0 Å². The van der Waals surface area contributed by atoms with Crippen LogP contribution in [0.25, 0.3) is 0 Å². The standard InChI is InChI=1S/C28H46N2O4S/c1-17-8-12-28-13-9-18(2)27(5,22(17)28)21(16-26(4,35-7)23(31)19(28)3)34-25(33)29-24(32)20-10-14-30(6)15-11-20/h17-22H,8-16H2,1-7H3,(H,29,32,33)/t17-,18-,19+,21-,22?,26?,27+,28?/m1/s1. The molecule has 2 bridgehead atoms. The van der Waals surface area contributed by atoms with Gasteiger partial charge in [0.05, 0.1) is 4.75 Å². The number of piperidine rings is 1. The molecule has 2 amide bonds. The van der Waals surface area contributed by atoms with Crippen LogP contribution in [-0.4, -0.2) is 59.9 Å². The second kappa shape index (κ2) is 9.66. The van der Waals surface area contributed by atoms with Crippen molar-refractivity contribution in [3.05, 3.63) is 0 Å². The van der Waals surface area contributed by atoms with Crippen molar-refractivity contribution < 1.29 is 19.1 Å². The number of imide groups is 1. The van der Waals surface area contributed by atoms with Gasteiger partial charge in [0, 0.05) is 23.7 Å². The Labute approximate surface area is 216 Å². The third kappa shape index (κ3) is 4.36. The molecule has 1 aliphatic heterocycles. The third-order valence-electron chi connectivity index (χ3n) is 11.1. The Hall–Kier alpha value is -1.08. The Morgan fingerprint density at radius 3 is 2.31 bits per heavy atom. The first kappa shape index (κ1) is 27.0. The summed E-state index contributed by atoms with van der Waals surface area (Å²) in [5.41, 5.74) is -0.273. The molecule has 6 nitrogen and oxygen atoms in total. The van der Waals surface area contributed by atoms with E-state index in [1.54, 1.807) is 11.8 Å². The van der Waals surface area contributed by atoms with Gasteiger partial charge in [-0.25, -0.2) is 4.79 Å². The van der Waals surface area contributed by atoms with E-state index in [9.17, 15) is 14.4 Å². The molecule has 4 aliphatic rings. The zero-order valence-corrected chi connectivity index (χ0v) is 23.6. The minimum atomic E-state index is -0.640. The van der Waals surface area contributed by atoms with E-state index in [1.165, 1.54) is 0 Å². The van der Waals surface area contributed by atoms with Crippen molar-refractivity contribution >= 4 is 29.5 Å². The van der Waals surface area contributed by atoms with E-state index < -0.39 is 16.9 Å². The maximum absolute atomic E-state index is 14.0. The van der Waals surface area contributed by atoms with E-state index in [0.29, 0.717) is 30.0 Å². The van der Waals surface area contributed by atoms with Crippen molar-refractivity contribution in [2.75, 3.05) is 26.4 Å². The molecule has 0 spiro atoms. The zero-order chi connectivity index (χ0) is 25.8. The molecule has 4 rings (SSSR count). The molecule has 1 heterocycles. The van der Waals surface area contributed by atoms with Crippen molar-refractivity contribution in [1.29, 1.82) is 0 Å². The number of rotatable bonds is 3. The number of ketones is 1. The summed E-state index contributed by atoms with van der Waals surface area (Å²) in [5.74, 6) is 1.10. The second-order valence-electron chi connectivity index (χ2n) is 12.7. The van der Waals surface area contributed by atoms with E-state index in [0.717, 1.165) is 51.6 Å². The first-order valence-electron chi connectivity index (χ1n) is 13.7. The highest BCUT2D eigenvalue weighted by Crippen LogP contribution is 2.69. The average Bonchev–Trinajstić information content (AvgIpc) is 3.18. The molecule has 3 aliphatic carbocycles. The number of ether oxygens (including phenoxy) is 1. The average molecular weight is 507 g/mol. The molecule has 3 unspecified atom stereocenters. The largest absolute Gasteiger partial charge is 0.445 e. The topological polar surface area (TPSA) is 75.7 Å². The maximum atomic E-state index is 14.0. The summed E-state index contributed by atoms with van der Waals surface area (Å²) in [7, 11) is 2.05. The molecule has 3 saturated carbocycles. The lowest BCUT2D eigenvalue weighted by Gasteiger charge is -2.62. The Kier molecular flexibility index (Phi) is 7.44. The molecule has 0 aromatic heterocycles. The van der Waals surface area contributed by atoms with Crippen molar-refractivity contribution in [3.8, 4) is 0 Å². The molecule has 0 radical (unpaired) electrons. The minimum Gasteiger partial charge on any atom is -0.445 e. The summed E-state index contributed by atoms with van der Waals surface area (Å²) < 4.78 is 5.64. The Morgan fingerprint density at radius 1 is 1.06 bits per heavy atom. The number of amides is 2. The second-order valence-corrected chi connectivity index (χ2v) is 14.0. The number of nitrogens with zero attached hydrogens (tertiary/aromatic N) is 1. The number of Topliss-reactive ketones (excluding diaryl/α,β-unsaturated/α-hetero) is 1. The first-order valence-corrected chi connectivity index (χ1v) is 14.9. The van der Waals surface area contributed by atoms with Crippen molar-refractivity contribution in [1.82, 2.24) is 10.2 Å². The number of carbonyl (C=O) groups excluding carboxylic acids is 3. The van der Waals surface area contributed by atoms with E-state index in [2.05, 4.69) is 45.0 Å². The number of likely N-dealkylation sites (tertiary alicyclic amines) is 1. The van der Waals surface area contributed by atoms with Crippen LogP contribution in [0.2, 0.25) is 0 Å². The summed E-state index contributed by atoms with van der Waals surface area (Å²) in [6, 6.07) is 0. The third-order valence-corrected chi connectivity index (χ3v) is 12.4. The van der Waals surface area contributed by atoms with Gasteiger partial charge in [0.25, 0.3) is 0 Å². The number of nitrogens with one attached hydrogen (secondary N) is 1. The normalized spacial score (nSPS) is 44.8. The van der Waals surface area contributed by atoms with Gasteiger partial charge in [-0.15, -0.1) is 0 Å². The van der Waals surface area contributed by atoms with Crippen LogP contribution in [0, 0.1) is 40.4 Å². The van der Waals surface area contributed by atoms with Crippen LogP contribution in [0.4, 0.5) is 4.79 Å². The van der Waals surface area contributed by atoms with Gasteiger partial charge in [0.2, 0.25) is 5.91 Å². The van der Waals surface area contributed by atoms with Gasteiger partial charge in [-0.05, 0) is 95.0 Å². The van der Waals surface area contributed by atoms with E-state index >= 15 is 0 Å². The smallest absolute Gasteiger partial charge is 0.414 e. The van der Waals surface area contributed by atoms with E-state index in [1.807, 2.05) is 13.2 Å². The molecule has 7 heteroatoms. The fourth-order valence-electron chi connectivity index (χ4n) is 8.60. The predicted octanol–water partition coefficient (Wildman–Crippen LogP) is 5.15. The van der Waals surface area contributed by atoms with Gasteiger partial charge in [-0.3, -0.25) is 14.9 Å². The molecule has 0 aromatic carbocycles. The minimum absolute atomic E-state index is 0.00233. The Balaban J connectivity index is 1.64. The fourth-order valence-corrected chi connectivity index (χ4v) is 9.29. The number of thioether (sulfide) groups is 1. The van der Waals surface area contributed by atoms with Crippen LogP contribution < -0.4 is 5.32 Å². The van der Waals surface area contributed by atoms with Gasteiger partial charge in [0.1, 0.15) is 6.10 Å². The Bertz CT molecular complexity index is 858. The van der Waals surface area contributed by atoms with E-state index in [-0.39, 0.29) is 28.6 Å². The maximum Gasteiger partial charge on any atom is 0.414 e. The number of hydrogen-bond acceptors (Lipinski definition) is 6. The van der Waals surface area contributed by atoms with Crippen LogP contribution >= 0.6 is 11.8 Å². The molecular weight excluding hydrogens is 460 g/mol. The molecule has 1 saturated heterocycles. The molecule has 0 aromatic rings. The summed E-state index contributed by atoms with van der Waals surface area (Å²) in [6.07, 6.45) is 7.27. The Morgan fingerprint density at radius 2 is 1.69 bits per heavy atom. The van der Waals surface area contributed by atoms with Gasteiger partial charge in [-0.2, -0.15) is 11.8 Å². The molecule has 8 atom stereocenters. The quantitative estimate of drug-likeness (QED) is 0.571. The summed E-state index contributed by atoms with van der Waals surface area (Å²) >= 11 is 1.59. The van der Waals surface area contributed by atoms with Gasteiger partial charge >= 0.3 is 6.09 Å². The summed E-state index contributed by atoms with van der Waals surface area (Å²) in [4.78, 5) is 42.3. The number of carbonyl (C=O) groups is 3. The lowest BCUT2D eigenvalue weighted by molar-refractivity contribution is -0.170. The van der Waals surface area contributed by atoms with Crippen LogP contribution in [0.5, 0.6) is 0 Å². The lowest BCUT2D eigenvalue weighted by atomic mass is 9.44. The number of hydrogen-bond donors (Lipinski definition) is 1. The van der Waals surface area contributed by atoms with Crippen LogP contribution in [-0.2, 0) is 14.3 Å². The van der Waals surface area contributed by atoms with Crippen molar-refractivity contribution in [3.63, 3.8) is 0 Å². The molecule has 35 heavy (non-hydrogen) atoms. The zero-order valence-electron chi connectivity index (χ0n) is 22.8. The van der Waals surface area contributed by atoms with Gasteiger partial charge < -0.3 is 9.64 Å². The highest BCUT2D eigenvalue weighted by Gasteiger charge is 2.67. The SMILES string of the molecule is CSC1(C)C[C@@H](OC(=O)NC(=O)C2CCN(C)CC2)[C@@]2(C)C3[C@H](C)CCC3(CC[C@H]2C)[C@@H](C)C1=O. The van der Waals surface area contributed by atoms with Gasteiger partial charge in [0.15, 0.2) is 5.78 Å². The molecule has 4 fully saturated rings. The lowest BCUT2D eigenvalue weighted by Crippen LogP contribution is -2.63. The van der Waals surface area contributed by atoms with E-state index in [4.69, 9.17) is 4.74 Å². The van der Waals surface area contributed by atoms with Crippen molar-refractivity contribution in [2.45, 2.75) is 90.4 Å². The number of alkyl carbamates (subject to hydrolysis) is 1. The fraction of sp³-hybridized carbons (Fsp3) is 0.893. The molecule has 1 N–H and O–H groups in total. The monoisotopic (exact) mass is 506 g/mol. The highest BCUT2D eigenvalue weighted by atomic mass is 32.2. The highest BCUT2D eigenvalue weighted by molar-refractivity contribution is 8.00. The van der Waals surface area contributed by atoms with Gasteiger partial charge in [-0.1, -0.05) is 27.7 Å².